The van der Waals surface area contributed by atoms with Crippen LogP contribution in [0.2, 0.25) is 5.02 Å². The van der Waals surface area contributed by atoms with Crippen LogP contribution in [0.4, 0.5) is 5.82 Å². The number of ketones is 1. The summed E-state index contributed by atoms with van der Waals surface area (Å²) in [7, 11) is 0. The number of hydrogen-bond donors (Lipinski definition) is 0. The molecule has 0 saturated carbocycles. The highest BCUT2D eigenvalue weighted by atomic mass is 35.5. The fraction of sp³-hybridized carbons (Fsp3) is 0.300. The van der Waals surface area contributed by atoms with Crippen LogP contribution in [0.5, 0.6) is 0 Å². The van der Waals surface area contributed by atoms with Gasteiger partial charge in [-0.25, -0.2) is 4.68 Å². The van der Waals surface area contributed by atoms with Crippen LogP contribution in [0.25, 0.3) is 11.3 Å². The zero-order valence-electron chi connectivity index (χ0n) is 15.2. The maximum atomic E-state index is 12.5. The van der Waals surface area contributed by atoms with E-state index >= 15 is 0 Å². The average molecular weight is 399 g/mol. The third-order valence-corrected chi connectivity index (χ3v) is 4.93. The number of hydrogen-bond acceptors (Lipinski definition) is 5. The van der Waals surface area contributed by atoms with Crippen molar-refractivity contribution in [2.75, 3.05) is 11.4 Å². The largest absolute Gasteiger partial charge is 0.360 e. The van der Waals surface area contributed by atoms with Crippen molar-refractivity contribution in [3.8, 4) is 11.3 Å². The number of rotatable bonds is 6. The molecule has 0 spiro atoms. The fourth-order valence-electron chi connectivity index (χ4n) is 3.32. The lowest BCUT2D eigenvalue weighted by Crippen LogP contribution is -2.37. The molecule has 0 radical (unpaired) electrons. The minimum Gasteiger partial charge on any atom is -0.360 e. The van der Waals surface area contributed by atoms with Crippen molar-refractivity contribution in [3.05, 3.63) is 53.4 Å². The van der Waals surface area contributed by atoms with Gasteiger partial charge in [0, 0.05) is 48.6 Å². The van der Waals surface area contributed by atoms with Crippen LogP contribution in [-0.2, 0) is 22.6 Å². The quantitative estimate of drug-likeness (QED) is 0.634. The maximum Gasteiger partial charge on any atom is 0.228 e. The van der Waals surface area contributed by atoms with Crippen molar-refractivity contribution in [1.82, 2.24) is 14.9 Å². The van der Waals surface area contributed by atoms with E-state index in [1.807, 2.05) is 22.9 Å². The van der Waals surface area contributed by atoms with Gasteiger partial charge in [0.05, 0.1) is 12.6 Å². The van der Waals surface area contributed by atoms with E-state index in [2.05, 4.69) is 10.3 Å². The summed E-state index contributed by atoms with van der Waals surface area (Å²) in [5, 5.41) is 8.81. The van der Waals surface area contributed by atoms with Crippen LogP contribution in [0.1, 0.15) is 25.0 Å². The van der Waals surface area contributed by atoms with Gasteiger partial charge < -0.3 is 4.52 Å². The van der Waals surface area contributed by atoms with Crippen molar-refractivity contribution in [1.29, 1.82) is 0 Å². The Morgan fingerprint density at radius 1 is 1.14 bits per heavy atom. The van der Waals surface area contributed by atoms with Crippen LogP contribution in [-0.4, -0.2) is 33.2 Å². The second-order valence-electron chi connectivity index (χ2n) is 6.72. The minimum absolute atomic E-state index is 0.0624. The zero-order valence-corrected chi connectivity index (χ0v) is 15.9. The molecule has 8 heteroatoms. The molecule has 7 nitrogen and oxygen atoms in total. The second-order valence-corrected chi connectivity index (χ2v) is 7.15. The molecule has 0 aliphatic carbocycles. The first-order valence-corrected chi connectivity index (χ1v) is 9.53. The Balaban J connectivity index is 1.33. The predicted molar refractivity (Wildman–Crippen MR) is 104 cm³/mol. The molecule has 144 valence electrons. The molecule has 0 bridgehead atoms. The van der Waals surface area contributed by atoms with Gasteiger partial charge in [0.15, 0.2) is 0 Å². The fourth-order valence-corrected chi connectivity index (χ4v) is 3.51. The maximum absolute atomic E-state index is 12.5. The van der Waals surface area contributed by atoms with Crippen molar-refractivity contribution < 1.29 is 14.1 Å². The molecule has 2 aromatic heterocycles. The molecule has 1 amide bonds. The van der Waals surface area contributed by atoms with E-state index < -0.39 is 0 Å². The number of nitrogens with zero attached hydrogens (tertiary/aromatic N) is 4. The predicted octanol–water partition coefficient (Wildman–Crippen LogP) is 3.52. The molecule has 0 unspecified atom stereocenters. The molecule has 28 heavy (non-hydrogen) atoms. The molecule has 0 atom stereocenters. The lowest BCUT2D eigenvalue weighted by atomic mass is 10.1. The van der Waals surface area contributed by atoms with E-state index in [9.17, 15) is 9.59 Å². The lowest BCUT2D eigenvalue weighted by Gasteiger charge is -2.27. The van der Waals surface area contributed by atoms with Gasteiger partial charge >= 0.3 is 0 Å². The summed E-state index contributed by atoms with van der Waals surface area (Å²) in [4.78, 5) is 26.5. The van der Waals surface area contributed by atoms with Crippen molar-refractivity contribution in [2.24, 2.45) is 0 Å². The van der Waals surface area contributed by atoms with Gasteiger partial charge in [0.1, 0.15) is 23.1 Å². The third-order valence-electron chi connectivity index (χ3n) is 4.69. The minimum atomic E-state index is -0.0630. The van der Waals surface area contributed by atoms with Gasteiger partial charge in [0.25, 0.3) is 0 Å². The SMILES string of the molecule is O=C(CCC(=O)N1CCCn2nccc21)Cc1cc(-c2cccc(Cl)c2)no1. The normalized spacial score (nSPS) is 13.4. The van der Waals surface area contributed by atoms with Gasteiger partial charge in [0.2, 0.25) is 5.91 Å². The van der Waals surface area contributed by atoms with E-state index in [0.29, 0.717) is 23.0 Å². The standard InChI is InChI=1S/C20H19ClN4O3/c21-15-4-1-3-14(11-15)18-13-17(28-23-18)12-16(26)5-6-20(27)24-9-2-10-25-19(24)7-8-22-25/h1,3-4,7-8,11,13H,2,5-6,9-10,12H2. The molecule has 4 rings (SSSR count). The van der Waals surface area contributed by atoms with Gasteiger partial charge in [-0.1, -0.05) is 28.9 Å². The van der Waals surface area contributed by atoms with Crippen LogP contribution in [0.3, 0.4) is 0 Å². The van der Waals surface area contributed by atoms with Gasteiger partial charge in [-0.3, -0.25) is 14.5 Å². The summed E-state index contributed by atoms with van der Waals surface area (Å²) >= 11 is 5.99. The highest BCUT2D eigenvalue weighted by molar-refractivity contribution is 6.30. The molecule has 3 aromatic rings. The lowest BCUT2D eigenvalue weighted by molar-refractivity contribution is -0.124. The van der Waals surface area contributed by atoms with E-state index in [1.165, 1.54) is 0 Å². The van der Waals surface area contributed by atoms with E-state index in [-0.39, 0.29) is 31.0 Å². The summed E-state index contributed by atoms with van der Waals surface area (Å²) in [5.74, 6) is 1.15. The molecule has 1 aliphatic rings. The number of Topliss-reactive ketones (excluding diaryl/α,β-unsaturated/α-hetero) is 1. The van der Waals surface area contributed by atoms with E-state index in [0.717, 1.165) is 24.3 Å². The number of fused-ring (bicyclic) bond motifs is 1. The Morgan fingerprint density at radius 2 is 2.04 bits per heavy atom. The Morgan fingerprint density at radius 3 is 2.89 bits per heavy atom. The van der Waals surface area contributed by atoms with Gasteiger partial charge in [-0.15, -0.1) is 0 Å². The van der Waals surface area contributed by atoms with Crippen LogP contribution in [0.15, 0.2) is 47.1 Å². The topological polar surface area (TPSA) is 81.2 Å². The third kappa shape index (κ3) is 3.99. The number of halogens is 1. The average Bonchev–Trinajstić information content (AvgIpc) is 3.35. The summed E-state index contributed by atoms with van der Waals surface area (Å²) in [6, 6.07) is 10.8. The Kier molecular flexibility index (Phi) is 5.25. The van der Waals surface area contributed by atoms with E-state index in [1.54, 1.807) is 29.3 Å². The first-order valence-electron chi connectivity index (χ1n) is 9.15. The van der Waals surface area contributed by atoms with E-state index in [4.69, 9.17) is 16.1 Å². The molecule has 1 aliphatic heterocycles. The highest BCUT2D eigenvalue weighted by Gasteiger charge is 2.23. The number of carbonyl (C=O) groups excluding carboxylic acids is 2. The van der Waals surface area contributed by atoms with Crippen molar-refractivity contribution in [3.63, 3.8) is 0 Å². The second kappa shape index (κ2) is 7.98. The van der Waals surface area contributed by atoms with Crippen LogP contribution >= 0.6 is 11.6 Å². The monoisotopic (exact) mass is 398 g/mol. The number of aryl methyl sites for hydroxylation is 1. The summed E-state index contributed by atoms with van der Waals surface area (Å²) in [6.45, 7) is 1.47. The molecule has 0 N–H and O–H groups in total. The first kappa shape index (κ1) is 18.4. The van der Waals surface area contributed by atoms with Gasteiger partial charge in [-0.2, -0.15) is 5.10 Å². The Labute approximate surface area is 166 Å². The highest BCUT2D eigenvalue weighted by Crippen LogP contribution is 2.23. The van der Waals surface area contributed by atoms with Crippen LogP contribution in [0, 0.1) is 0 Å². The van der Waals surface area contributed by atoms with Gasteiger partial charge in [-0.05, 0) is 18.6 Å². The summed E-state index contributed by atoms with van der Waals surface area (Å²) in [6.07, 6.45) is 2.99. The Bertz CT molecular complexity index is 1010. The summed E-state index contributed by atoms with van der Waals surface area (Å²) in [5.41, 5.74) is 1.45. The molecule has 0 saturated heterocycles. The number of anilines is 1. The van der Waals surface area contributed by atoms with Crippen molar-refractivity contribution >= 4 is 29.1 Å². The zero-order chi connectivity index (χ0) is 19.5. The summed E-state index contributed by atoms with van der Waals surface area (Å²) < 4.78 is 7.08. The van der Waals surface area contributed by atoms with Crippen LogP contribution < -0.4 is 4.90 Å². The number of amides is 1. The molecular weight excluding hydrogens is 380 g/mol. The molecule has 3 heterocycles. The number of carbonyl (C=O) groups is 2. The number of benzene rings is 1. The Hall–Kier alpha value is -2.93. The van der Waals surface area contributed by atoms with Crippen molar-refractivity contribution in [2.45, 2.75) is 32.2 Å². The smallest absolute Gasteiger partial charge is 0.228 e. The molecular formula is C20H19ClN4O3. The number of aromatic nitrogens is 3. The molecule has 0 fully saturated rings. The molecule has 1 aromatic carbocycles. The first-order chi connectivity index (χ1) is 13.6.